The summed E-state index contributed by atoms with van der Waals surface area (Å²) in [4.78, 5) is 9.89. The first-order chi connectivity index (χ1) is 13.7. The van der Waals surface area contributed by atoms with Gasteiger partial charge in [0.2, 0.25) is 0 Å². The van der Waals surface area contributed by atoms with E-state index in [9.17, 15) is 5.26 Å². The summed E-state index contributed by atoms with van der Waals surface area (Å²) in [5, 5.41) is 15.2. The topological polar surface area (TPSA) is 64.5 Å². The molecule has 0 aliphatic heterocycles. The van der Waals surface area contributed by atoms with Crippen LogP contribution in [-0.2, 0) is 0 Å². The molecule has 0 spiro atoms. The van der Waals surface area contributed by atoms with Crippen LogP contribution in [0.15, 0.2) is 66.9 Å². The number of rotatable bonds is 3. The van der Waals surface area contributed by atoms with Crippen LogP contribution in [0.4, 0.5) is 11.4 Å². The first-order valence-electron chi connectivity index (χ1n) is 8.96. The largest absolute Gasteiger partial charge is 0.359 e. The molecule has 0 aliphatic carbocycles. The maximum Gasteiger partial charge on any atom is 0.126 e. The van der Waals surface area contributed by atoms with Crippen molar-refractivity contribution in [1.82, 2.24) is 9.97 Å². The van der Waals surface area contributed by atoms with Gasteiger partial charge in [0.1, 0.15) is 10.9 Å². The number of fused-ring (bicyclic) bond motifs is 2. The van der Waals surface area contributed by atoms with Crippen molar-refractivity contribution >= 4 is 43.8 Å². The monoisotopic (exact) mass is 380 g/mol. The van der Waals surface area contributed by atoms with Gasteiger partial charge in [-0.05, 0) is 42.8 Å². The minimum atomic E-state index is 0.537. The first kappa shape index (κ1) is 16.5. The lowest BCUT2D eigenvalue weighted by atomic mass is 10.1. The molecule has 0 bridgehead atoms. The Morgan fingerprint density at radius 3 is 2.75 bits per heavy atom. The second kappa shape index (κ2) is 6.52. The van der Waals surface area contributed by atoms with Crippen molar-refractivity contribution in [2.24, 2.45) is 0 Å². The number of pyridine rings is 1. The normalized spacial score (nSPS) is 11.0. The zero-order valence-electron chi connectivity index (χ0n) is 15.2. The van der Waals surface area contributed by atoms with Gasteiger partial charge in [-0.1, -0.05) is 30.3 Å². The highest BCUT2D eigenvalue weighted by Gasteiger charge is 2.14. The van der Waals surface area contributed by atoms with Crippen LogP contribution in [0.2, 0.25) is 0 Å². The molecule has 0 aliphatic rings. The van der Waals surface area contributed by atoms with Gasteiger partial charge in [0.15, 0.2) is 0 Å². The van der Waals surface area contributed by atoms with Gasteiger partial charge in [0.25, 0.3) is 0 Å². The molecule has 2 N–H and O–H groups in total. The van der Waals surface area contributed by atoms with Crippen molar-refractivity contribution in [2.75, 3.05) is 5.32 Å². The van der Waals surface area contributed by atoms with Crippen molar-refractivity contribution in [3.05, 3.63) is 78.1 Å². The van der Waals surface area contributed by atoms with E-state index in [0.29, 0.717) is 5.56 Å². The molecule has 0 saturated heterocycles. The summed E-state index contributed by atoms with van der Waals surface area (Å²) in [6.45, 7) is 2.05. The number of anilines is 2. The molecule has 0 radical (unpaired) electrons. The fourth-order valence-electron chi connectivity index (χ4n) is 3.45. The number of thiophene rings is 1. The summed E-state index contributed by atoms with van der Waals surface area (Å²) >= 11 is 1.63. The van der Waals surface area contributed by atoms with E-state index in [4.69, 9.17) is 0 Å². The van der Waals surface area contributed by atoms with E-state index in [1.165, 1.54) is 0 Å². The summed E-state index contributed by atoms with van der Waals surface area (Å²) in [6.07, 6.45) is 1.65. The van der Waals surface area contributed by atoms with Gasteiger partial charge < -0.3 is 10.3 Å². The van der Waals surface area contributed by atoms with Crippen molar-refractivity contribution < 1.29 is 0 Å². The van der Waals surface area contributed by atoms with Gasteiger partial charge in [-0.15, -0.1) is 11.3 Å². The zero-order valence-corrected chi connectivity index (χ0v) is 16.0. The van der Waals surface area contributed by atoms with Gasteiger partial charge in [0, 0.05) is 38.7 Å². The molecular weight excluding hydrogens is 364 g/mol. The molecule has 0 fully saturated rings. The molecule has 0 atom stereocenters. The van der Waals surface area contributed by atoms with Crippen LogP contribution in [0.25, 0.3) is 31.6 Å². The first-order valence-corrected chi connectivity index (χ1v) is 9.77. The molecular formula is C23H16N4S. The number of hydrogen-bond donors (Lipinski definition) is 2. The minimum Gasteiger partial charge on any atom is -0.359 e. The standard InChI is InChI=1S/C23H16N4S/c1-14-9-16-10-18(7-8-20(16)26-14)27-22-17(12-24)13-25-23-19(22)11-21(28-23)15-5-3-2-4-6-15/h2-11,13,26H,1H3,(H,25,27). The summed E-state index contributed by atoms with van der Waals surface area (Å²) in [5.41, 5.74) is 5.67. The molecule has 2 aromatic carbocycles. The Labute approximate surface area is 166 Å². The lowest BCUT2D eigenvalue weighted by molar-refractivity contribution is 1.30. The summed E-state index contributed by atoms with van der Waals surface area (Å²) in [6, 6.07) is 22.9. The Bertz CT molecular complexity index is 1360. The average Bonchev–Trinajstić information content (AvgIpc) is 3.31. The number of aromatic amines is 1. The van der Waals surface area contributed by atoms with E-state index in [-0.39, 0.29) is 0 Å². The number of benzene rings is 2. The van der Waals surface area contributed by atoms with Crippen molar-refractivity contribution in [2.45, 2.75) is 6.92 Å². The minimum absolute atomic E-state index is 0.537. The number of nitrogens with one attached hydrogen (secondary N) is 2. The molecule has 0 amide bonds. The molecule has 3 aromatic heterocycles. The van der Waals surface area contributed by atoms with Crippen LogP contribution in [0, 0.1) is 18.3 Å². The lowest BCUT2D eigenvalue weighted by Gasteiger charge is -2.09. The number of hydrogen-bond acceptors (Lipinski definition) is 4. The third-order valence-corrected chi connectivity index (χ3v) is 5.86. The summed E-state index contributed by atoms with van der Waals surface area (Å²) in [5.74, 6) is 0. The van der Waals surface area contributed by atoms with Crippen molar-refractivity contribution in [3.63, 3.8) is 0 Å². The molecule has 0 saturated carbocycles. The van der Waals surface area contributed by atoms with Crippen molar-refractivity contribution in [3.8, 4) is 16.5 Å². The van der Waals surface area contributed by atoms with Gasteiger partial charge >= 0.3 is 0 Å². The Kier molecular flexibility index (Phi) is 3.85. The predicted octanol–water partition coefficient (Wildman–Crippen LogP) is 6.37. The Morgan fingerprint density at radius 1 is 1.07 bits per heavy atom. The molecule has 5 rings (SSSR count). The van der Waals surface area contributed by atoms with Crippen LogP contribution in [-0.4, -0.2) is 9.97 Å². The fraction of sp³-hybridized carbons (Fsp3) is 0.0435. The van der Waals surface area contributed by atoms with Crippen LogP contribution in [0.5, 0.6) is 0 Å². The van der Waals surface area contributed by atoms with E-state index in [1.807, 2.05) is 31.2 Å². The summed E-state index contributed by atoms with van der Waals surface area (Å²) in [7, 11) is 0. The highest BCUT2D eigenvalue weighted by atomic mass is 32.1. The highest BCUT2D eigenvalue weighted by molar-refractivity contribution is 7.21. The van der Waals surface area contributed by atoms with Crippen LogP contribution in [0.1, 0.15) is 11.3 Å². The van der Waals surface area contributed by atoms with Crippen molar-refractivity contribution in [1.29, 1.82) is 5.26 Å². The average molecular weight is 380 g/mol. The van der Waals surface area contributed by atoms with E-state index >= 15 is 0 Å². The van der Waals surface area contributed by atoms with Crippen LogP contribution < -0.4 is 5.32 Å². The van der Waals surface area contributed by atoms with E-state index in [0.717, 1.165) is 48.6 Å². The van der Waals surface area contributed by atoms with Gasteiger partial charge in [0.05, 0.1) is 11.3 Å². The Balaban J connectivity index is 1.63. The van der Waals surface area contributed by atoms with Crippen LogP contribution >= 0.6 is 11.3 Å². The van der Waals surface area contributed by atoms with E-state index < -0.39 is 0 Å². The number of aromatic nitrogens is 2. The molecule has 5 aromatic rings. The number of nitriles is 1. The molecule has 134 valence electrons. The number of aryl methyl sites for hydroxylation is 1. The van der Waals surface area contributed by atoms with E-state index in [1.54, 1.807) is 17.5 Å². The molecule has 5 heteroatoms. The maximum absolute atomic E-state index is 9.62. The molecule has 0 unspecified atom stereocenters. The lowest BCUT2D eigenvalue weighted by Crippen LogP contribution is -1.95. The zero-order chi connectivity index (χ0) is 19.1. The summed E-state index contributed by atoms with van der Waals surface area (Å²) < 4.78 is 0. The predicted molar refractivity (Wildman–Crippen MR) is 116 cm³/mol. The third kappa shape index (κ3) is 2.81. The number of nitrogens with zero attached hydrogens (tertiary/aromatic N) is 2. The third-order valence-electron chi connectivity index (χ3n) is 4.77. The van der Waals surface area contributed by atoms with E-state index in [2.05, 4.69) is 57.8 Å². The van der Waals surface area contributed by atoms with Crippen LogP contribution in [0.3, 0.4) is 0 Å². The second-order valence-corrected chi connectivity index (χ2v) is 7.76. The maximum atomic E-state index is 9.62. The smallest absolute Gasteiger partial charge is 0.126 e. The quantitative estimate of drug-likeness (QED) is 0.382. The SMILES string of the molecule is Cc1cc2cc(Nc3c(C#N)cnc4sc(-c5ccccc5)cc34)ccc2[nH]1. The highest BCUT2D eigenvalue weighted by Crippen LogP contribution is 2.38. The second-order valence-electron chi connectivity index (χ2n) is 6.73. The Morgan fingerprint density at radius 2 is 1.93 bits per heavy atom. The van der Waals surface area contributed by atoms with Gasteiger partial charge in [-0.25, -0.2) is 4.98 Å². The van der Waals surface area contributed by atoms with Gasteiger partial charge in [-0.3, -0.25) is 0 Å². The Hall–Kier alpha value is -3.62. The van der Waals surface area contributed by atoms with Gasteiger partial charge in [-0.2, -0.15) is 5.26 Å². The molecule has 28 heavy (non-hydrogen) atoms. The molecule has 3 heterocycles. The molecule has 4 nitrogen and oxygen atoms in total. The fourth-order valence-corrected chi connectivity index (χ4v) is 4.47. The number of H-pyrrole nitrogens is 1.